The zero-order valence-corrected chi connectivity index (χ0v) is 19.9. The summed E-state index contributed by atoms with van der Waals surface area (Å²) < 4.78 is 37.4. The Morgan fingerprint density at radius 3 is 2.31 bits per heavy atom. The monoisotopic (exact) mass is 466 g/mol. The first kappa shape index (κ1) is 27.5. The van der Waals surface area contributed by atoms with Crippen LogP contribution in [0.2, 0.25) is 5.02 Å². The minimum Gasteiger partial charge on any atom is -0.345 e. The van der Waals surface area contributed by atoms with E-state index in [-0.39, 0.29) is 5.56 Å². The molecule has 0 saturated carbocycles. The number of amides is 1. The second-order valence-corrected chi connectivity index (χ2v) is 8.31. The summed E-state index contributed by atoms with van der Waals surface area (Å²) in [5.41, 5.74) is 1.81. The first-order chi connectivity index (χ1) is 15.0. The number of carbonyl (C=O) groups excluding carboxylic acids is 1. The zero-order chi connectivity index (χ0) is 24.4. The highest BCUT2D eigenvalue weighted by molar-refractivity contribution is 6.31. The van der Waals surface area contributed by atoms with Crippen molar-refractivity contribution in [3.05, 3.63) is 69.5 Å². The van der Waals surface area contributed by atoms with Gasteiger partial charge in [-0.3, -0.25) is 4.79 Å². The first-order valence-electron chi connectivity index (χ1n) is 10.6. The third-order valence-corrected chi connectivity index (χ3v) is 5.87. The Kier molecular flexibility index (Phi) is 11.3. The molecule has 0 bridgehead atoms. The van der Waals surface area contributed by atoms with Crippen LogP contribution in [0.1, 0.15) is 50.3 Å². The van der Waals surface area contributed by atoms with Crippen molar-refractivity contribution in [2.45, 2.75) is 47.0 Å². The molecule has 1 saturated heterocycles. The Morgan fingerprint density at radius 1 is 1.19 bits per heavy atom. The summed E-state index contributed by atoms with van der Waals surface area (Å²) >= 11 is 5.71. The maximum atomic E-state index is 12.6. The highest BCUT2D eigenvalue weighted by Gasteiger charge is 2.29. The largest absolute Gasteiger partial charge is 0.345 e. The average molecular weight is 467 g/mol. The summed E-state index contributed by atoms with van der Waals surface area (Å²) in [7, 11) is 1.89. The van der Waals surface area contributed by atoms with Gasteiger partial charge in [-0.2, -0.15) is 5.26 Å². The number of nitriles is 1. The highest BCUT2D eigenvalue weighted by atomic mass is 35.5. The molecule has 0 N–H and O–H groups in total. The number of hydrogen-bond donors (Lipinski definition) is 0. The van der Waals surface area contributed by atoms with Gasteiger partial charge >= 0.3 is 0 Å². The van der Waals surface area contributed by atoms with E-state index in [9.17, 15) is 18.0 Å². The van der Waals surface area contributed by atoms with E-state index in [0.29, 0.717) is 34.7 Å². The summed E-state index contributed by atoms with van der Waals surface area (Å²) in [5.74, 6) is -1.98. The molecule has 32 heavy (non-hydrogen) atoms. The number of likely N-dealkylation sites (tertiary alicyclic amines) is 1. The predicted octanol–water partition coefficient (Wildman–Crippen LogP) is 6.70. The first-order valence-corrected chi connectivity index (χ1v) is 11.0. The normalized spacial score (nSPS) is 15.8. The minimum absolute atomic E-state index is 0.198. The van der Waals surface area contributed by atoms with Crippen molar-refractivity contribution in [1.82, 2.24) is 4.90 Å². The molecular weight excluding hydrogens is 437 g/mol. The number of nitrogens with zero attached hydrogens (tertiary/aromatic N) is 2. The van der Waals surface area contributed by atoms with Gasteiger partial charge in [0, 0.05) is 20.0 Å². The fourth-order valence-electron chi connectivity index (χ4n) is 3.16. The van der Waals surface area contributed by atoms with Gasteiger partial charge < -0.3 is 4.90 Å². The second-order valence-electron chi connectivity index (χ2n) is 7.91. The van der Waals surface area contributed by atoms with Crippen molar-refractivity contribution < 1.29 is 18.0 Å². The second kappa shape index (κ2) is 13.1. The lowest BCUT2D eigenvalue weighted by Gasteiger charge is -2.15. The molecule has 1 aliphatic heterocycles. The number of benzene rings is 2. The number of carbonyl (C=O) groups is 1. The summed E-state index contributed by atoms with van der Waals surface area (Å²) in [5, 5.41) is 9.00. The summed E-state index contributed by atoms with van der Waals surface area (Å²) in [6.45, 7) is 9.00. The van der Waals surface area contributed by atoms with Gasteiger partial charge in [-0.05, 0) is 54.5 Å². The molecule has 2 aromatic rings. The number of halogens is 4. The Morgan fingerprint density at radius 2 is 1.84 bits per heavy atom. The van der Waals surface area contributed by atoms with E-state index in [4.69, 9.17) is 16.9 Å². The number of rotatable bonds is 3. The van der Waals surface area contributed by atoms with Crippen LogP contribution in [0.15, 0.2) is 30.3 Å². The van der Waals surface area contributed by atoms with Gasteiger partial charge in [-0.1, -0.05) is 50.9 Å². The lowest BCUT2D eigenvalue weighted by atomic mass is 9.91. The highest BCUT2D eigenvalue weighted by Crippen LogP contribution is 2.25. The van der Waals surface area contributed by atoms with Crippen LogP contribution in [0.25, 0.3) is 0 Å². The van der Waals surface area contributed by atoms with E-state index in [2.05, 4.69) is 13.8 Å². The lowest BCUT2D eigenvalue weighted by Crippen LogP contribution is -2.20. The Balaban J connectivity index is 0.000000240. The Bertz CT molecular complexity index is 959. The van der Waals surface area contributed by atoms with Crippen LogP contribution in [0.4, 0.5) is 13.2 Å². The third-order valence-electron chi connectivity index (χ3n) is 5.56. The average Bonchev–Trinajstić information content (AvgIpc) is 3.11. The van der Waals surface area contributed by atoms with Crippen molar-refractivity contribution in [2.75, 3.05) is 13.6 Å². The Hall–Kier alpha value is -2.52. The standard InChI is InChI=1S/C9H17NO.C8H6ClN.C8H7F3/c1-4-7(2)8-5-9(11)10(3)6-8;1-6-2-3-7(5-10)8(9)4-6;1-2-5-3-4-6(9)8(11)7(5)10/h7-8H,4-6H2,1-3H3;2-4H,1H3;3-4H,2H2,1H3. The smallest absolute Gasteiger partial charge is 0.222 e. The van der Waals surface area contributed by atoms with Crippen LogP contribution in [-0.4, -0.2) is 24.4 Å². The summed E-state index contributed by atoms with van der Waals surface area (Å²) in [6, 6.07) is 9.53. The molecule has 1 heterocycles. The van der Waals surface area contributed by atoms with E-state index >= 15 is 0 Å². The lowest BCUT2D eigenvalue weighted by molar-refractivity contribution is -0.126. The molecule has 174 valence electrons. The molecule has 1 fully saturated rings. The van der Waals surface area contributed by atoms with Crippen LogP contribution in [0.3, 0.4) is 0 Å². The maximum Gasteiger partial charge on any atom is 0.222 e. The van der Waals surface area contributed by atoms with Crippen molar-refractivity contribution in [3.63, 3.8) is 0 Å². The van der Waals surface area contributed by atoms with E-state index in [1.807, 2.05) is 31.0 Å². The fraction of sp³-hybridized carbons (Fsp3) is 0.440. The molecule has 2 unspecified atom stereocenters. The molecule has 3 nitrogen and oxygen atoms in total. The SMILES string of the molecule is CCC(C)C1CC(=O)N(C)C1.CCc1ccc(F)c(F)c1F.Cc1ccc(C#N)c(Cl)c1. The van der Waals surface area contributed by atoms with E-state index in [1.54, 1.807) is 19.1 Å². The molecule has 0 aromatic heterocycles. The van der Waals surface area contributed by atoms with Crippen LogP contribution < -0.4 is 0 Å². The molecule has 1 amide bonds. The quantitative estimate of drug-likeness (QED) is 0.472. The molecule has 3 rings (SSSR count). The topological polar surface area (TPSA) is 44.1 Å². The maximum absolute atomic E-state index is 12.6. The van der Waals surface area contributed by atoms with Crippen LogP contribution in [-0.2, 0) is 11.2 Å². The van der Waals surface area contributed by atoms with Gasteiger partial charge in [0.2, 0.25) is 5.91 Å². The van der Waals surface area contributed by atoms with E-state index < -0.39 is 17.5 Å². The third kappa shape index (κ3) is 7.87. The molecule has 2 atom stereocenters. The van der Waals surface area contributed by atoms with Crippen LogP contribution in [0, 0.1) is 47.5 Å². The zero-order valence-electron chi connectivity index (χ0n) is 19.2. The van der Waals surface area contributed by atoms with Crippen LogP contribution in [0.5, 0.6) is 0 Å². The van der Waals surface area contributed by atoms with Gasteiger partial charge in [-0.15, -0.1) is 0 Å². The molecule has 0 spiro atoms. The molecule has 0 radical (unpaired) electrons. The number of aryl methyl sites for hydroxylation is 2. The molecule has 0 aliphatic carbocycles. The van der Waals surface area contributed by atoms with Crippen molar-refractivity contribution >= 4 is 17.5 Å². The fourth-order valence-corrected chi connectivity index (χ4v) is 3.44. The molecule has 7 heteroatoms. The van der Waals surface area contributed by atoms with Gasteiger partial charge in [0.05, 0.1) is 10.6 Å². The van der Waals surface area contributed by atoms with Gasteiger partial charge in [0.15, 0.2) is 17.5 Å². The molecule has 1 aliphatic rings. The van der Waals surface area contributed by atoms with E-state index in [1.165, 1.54) is 12.5 Å². The Labute approximate surface area is 193 Å². The van der Waals surface area contributed by atoms with Gasteiger partial charge in [0.1, 0.15) is 6.07 Å². The molecular formula is C25H30ClF3N2O. The van der Waals surface area contributed by atoms with Crippen molar-refractivity contribution in [3.8, 4) is 6.07 Å². The van der Waals surface area contributed by atoms with Gasteiger partial charge in [-0.25, -0.2) is 13.2 Å². The van der Waals surface area contributed by atoms with Crippen LogP contribution >= 0.6 is 11.6 Å². The predicted molar refractivity (Wildman–Crippen MR) is 122 cm³/mol. The summed E-state index contributed by atoms with van der Waals surface area (Å²) in [4.78, 5) is 13.0. The summed E-state index contributed by atoms with van der Waals surface area (Å²) in [6.07, 6.45) is 2.32. The minimum atomic E-state index is -1.38. The number of hydrogen-bond acceptors (Lipinski definition) is 2. The van der Waals surface area contributed by atoms with Crippen molar-refractivity contribution in [2.24, 2.45) is 11.8 Å². The van der Waals surface area contributed by atoms with Gasteiger partial charge in [0.25, 0.3) is 0 Å². The van der Waals surface area contributed by atoms with Crippen molar-refractivity contribution in [1.29, 1.82) is 5.26 Å². The van der Waals surface area contributed by atoms with E-state index in [0.717, 1.165) is 24.6 Å². The molecule has 2 aromatic carbocycles.